The predicted octanol–water partition coefficient (Wildman–Crippen LogP) is 4.22. The minimum absolute atomic E-state index is 0.234. The van der Waals surface area contributed by atoms with Crippen LogP contribution in [0.1, 0.15) is 39.0 Å². The Labute approximate surface area is 152 Å². The summed E-state index contributed by atoms with van der Waals surface area (Å²) in [5.41, 5.74) is 3.01. The van der Waals surface area contributed by atoms with Crippen LogP contribution in [-0.4, -0.2) is 23.1 Å². The predicted molar refractivity (Wildman–Crippen MR) is 103 cm³/mol. The number of hydrogen-bond donors (Lipinski definition) is 1. The molecule has 0 atom stereocenters. The molecule has 5 nitrogen and oxygen atoms in total. The number of carbonyl (C=O) groups excluding carboxylic acids is 2. The van der Waals surface area contributed by atoms with Crippen molar-refractivity contribution in [2.24, 2.45) is 7.05 Å². The van der Waals surface area contributed by atoms with E-state index in [1.807, 2.05) is 49.4 Å². The maximum atomic E-state index is 13.0. The highest BCUT2D eigenvalue weighted by Gasteiger charge is 2.25. The molecule has 5 heteroatoms. The van der Waals surface area contributed by atoms with Crippen LogP contribution in [-0.2, 0) is 11.8 Å². The number of nitrogens with one attached hydrogen (secondary N) is 1. The molecular formula is C21H22N2O3. The largest absolute Gasteiger partial charge is 0.461 e. The molecule has 0 unspecified atom stereocenters. The van der Waals surface area contributed by atoms with Gasteiger partial charge in [0.2, 0.25) is 0 Å². The summed E-state index contributed by atoms with van der Waals surface area (Å²) < 4.78 is 6.84. The van der Waals surface area contributed by atoms with Gasteiger partial charge in [-0.2, -0.15) is 0 Å². The molecule has 134 valence electrons. The lowest BCUT2D eigenvalue weighted by molar-refractivity contribution is 0.0514. The van der Waals surface area contributed by atoms with Gasteiger partial charge in [0.1, 0.15) is 5.69 Å². The van der Waals surface area contributed by atoms with Gasteiger partial charge in [0.05, 0.1) is 12.2 Å². The molecule has 1 N–H and O–H groups in total. The number of anilines is 1. The third-order valence-electron chi connectivity index (χ3n) is 4.66. The van der Waals surface area contributed by atoms with Crippen molar-refractivity contribution >= 4 is 28.3 Å². The summed E-state index contributed by atoms with van der Waals surface area (Å²) in [6.07, 6.45) is 0. The lowest BCUT2D eigenvalue weighted by Gasteiger charge is -2.09. The van der Waals surface area contributed by atoms with Crippen molar-refractivity contribution in [1.82, 2.24) is 4.57 Å². The number of hydrogen-bond acceptors (Lipinski definition) is 3. The Kier molecular flexibility index (Phi) is 4.80. The second kappa shape index (κ2) is 7.04. The molecule has 0 saturated carbocycles. The molecule has 1 heterocycles. The van der Waals surface area contributed by atoms with E-state index in [0.717, 1.165) is 22.2 Å². The van der Waals surface area contributed by atoms with Crippen molar-refractivity contribution < 1.29 is 14.3 Å². The van der Waals surface area contributed by atoms with Gasteiger partial charge in [0.25, 0.3) is 5.91 Å². The van der Waals surface area contributed by atoms with Crippen LogP contribution in [0.5, 0.6) is 0 Å². The zero-order valence-electron chi connectivity index (χ0n) is 15.4. The van der Waals surface area contributed by atoms with Gasteiger partial charge >= 0.3 is 5.97 Å². The Hall–Kier alpha value is -3.08. The normalized spacial score (nSPS) is 10.8. The molecule has 0 bridgehead atoms. The van der Waals surface area contributed by atoms with E-state index < -0.39 is 5.97 Å². The smallest absolute Gasteiger partial charge is 0.355 e. The standard InChI is InChI=1S/C21H22N2O3/c1-5-26-21(25)19-13(2)18(14(3)23(19)4)20(24)22-17-12-8-10-15-9-6-7-11-16(15)17/h6-12H,5H2,1-4H3,(H,22,24). The number of benzene rings is 2. The maximum absolute atomic E-state index is 13.0. The monoisotopic (exact) mass is 350 g/mol. The average molecular weight is 350 g/mol. The minimum Gasteiger partial charge on any atom is -0.461 e. The van der Waals surface area contributed by atoms with Crippen LogP contribution in [0, 0.1) is 13.8 Å². The Balaban J connectivity index is 2.00. The van der Waals surface area contributed by atoms with Gasteiger partial charge in [0, 0.05) is 23.8 Å². The van der Waals surface area contributed by atoms with Crippen molar-refractivity contribution in [2.45, 2.75) is 20.8 Å². The number of esters is 1. The first-order valence-corrected chi connectivity index (χ1v) is 8.57. The lowest BCUT2D eigenvalue weighted by Crippen LogP contribution is -2.14. The first-order chi connectivity index (χ1) is 12.5. The second-order valence-corrected chi connectivity index (χ2v) is 6.19. The molecule has 3 rings (SSSR count). The Morgan fingerprint density at radius 1 is 1.08 bits per heavy atom. The number of fused-ring (bicyclic) bond motifs is 1. The SMILES string of the molecule is CCOC(=O)c1c(C)c(C(=O)Nc2cccc3ccccc23)c(C)n1C. The summed E-state index contributed by atoms with van der Waals surface area (Å²) in [5, 5.41) is 5.02. The van der Waals surface area contributed by atoms with E-state index in [9.17, 15) is 9.59 Å². The number of aromatic nitrogens is 1. The summed E-state index contributed by atoms with van der Waals surface area (Å²) in [7, 11) is 1.77. The number of amides is 1. The maximum Gasteiger partial charge on any atom is 0.355 e. The van der Waals surface area contributed by atoms with Gasteiger partial charge < -0.3 is 14.6 Å². The van der Waals surface area contributed by atoms with Crippen LogP contribution in [0.4, 0.5) is 5.69 Å². The zero-order chi connectivity index (χ0) is 18.8. The highest BCUT2D eigenvalue weighted by molar-refractivity contribution is 6.11. The molecule has 0 aliphatic heterocycles. The molecule has 0 aliphatic rings. The van der Waals surface area contributed by atoms with Gasteiger partial charge in [-0.05, 0) is 37.8 Å². The Morgan fingerprint density at radius 3 is 2.50 bits per heavy atom. The number of ether oxygens (including phenoxy) is 1. The topological polar surface area (TPSA) is 60.3 Å². The molecule has 0 spiro atoms. The first kappa shape index (κ1) is 17.7. The van der Waals surface area contributed by atoms with Crippen LogP contribution < -0.4 is 5.32 Å². The number of carbonyl (C=O) groups is 2. The number of nitrogens with zero attached hydrogens (tertiary/aromatic N) is 1. The highest BCUT2D eigenvalue weighted by atomic mass is 16.5. The van der Waals surface area contributed by atoms with Crippen LogP contribution in [0.2, 0.25) is 0 Å². The van der Waals surface area contributed by atoms with Gasteiger partial charge in [-0.15, -0.1) is 0 Å². The van der Waals surface area contributed by atoms with Crippen molar-refractivity contribution in [1.29, 1.82) is 0 Å². The molecule has 1 aromatic heterocycles. The average Bonchev–Trinajstić information content (AvgIpc) is 2.84. The van der Waals surface area contributed by atoms with Crippen molar-refractivity contribution in [3.8, 4) is 0 Å². The summed E-state index contributed by atoms with van der Waals surface area (Å²) >= 11 is 0. The fourth-order valence-electron chi connectivity index (χ4n) is 3.32. The van der Waals surface area contributed by atoms with Crippen molar-refractivity contribution in [3.63, 3.8) is 0 Å². The quantitative estimate of drug-likeness (QED) is 0.717. The minimum atomic E-state index is -0.417. The third kappa shape index (κ3) is 2.96. The summed E-state index contributed by atoms with van der Waals surface area (Å²) in [5.74, 6) is -0.651. The van der Waals surface area contributed by atoms with Crippen LogP contribution in [0.25, 0.3) is 10.8 Å². The van der Waals surface area contributed by atoms with E-state index in [4.69, 9.17) is 4.74 Å². The Morgan fingerprint density at radius 2 is 1.77 bits per heavy atom. The van der Waals surface area contributed by atoms with Crippen molar-refractivity contribution in [2.75, 3.05) is 11.9 Å². The zero-order valence-corrected chi connectivity index (χ0v) is 15.4. The molecule has 3 aromatic rings. The summed E-state index contributed by atoms with van der Waals surface area (Å²) in [6, 6.07) is 13.7. The van der Waals surface area contributed by atoms with Gasteiger partial charge in [-0.1, -0.05) is 36.4 Å². The van der Waals surface area contributed by atoms with Crippen LogP contribution >= 0.6 is 0 Å². The van der Waals surface area contributed by atoms with E-state index in [1.54, 1.807) is 25.5 Å². The molecule has 1 amide bonds. The van der Waals surface area contributed by atoms with Gasteiger partial charge in [-0.3, -0.25) is 4.79 Å². The van der Waals surface area contributed by atoms with Crippen molar-refractivity contribution in [3.05, 3.63) is 65.0 Å². The van der Waals surface area contributed by atoms with Crippen LogP contribution in [0.15, 0.2) is 42.5 Å². The van der Waals surface area contributed by atoms with E-state index in [-0.39, 0.29) is 5.91 Å². The van der Waals surface area contributed by atoms with E-state index in [1.165, 1.54) is 0 Å². The van der Waals surface area contributed by atoms with Gasteiger partial charge in [-0.25, -0.2) is 4.79 Å². The fraction of sp³-hybridized carbons (Fsp3) is 0.238. The third-order valence-corrected chi connectivity index (χ3v) is 4.66. The lowest BCUT2D eigenvalue weighted by atomic mass is 10.1. The van der Waals surface area contributed by atoms with E-state index >= 15 is 0 Å². The second-order valence-electron chi connectivity index (χ2n) is 6.19. The fourth-order valence-corrected chi connectivity index (χ4v) is 3.32. The molecule has 26 heavy (non-hydrogen) atoms. The molecule has 2 aromatic carbocycles. The molecule has 0 fully saturated rings. The summed E-state index contributed by atoms with van der Waals surface area (Å²) in [4.78, 5) is 25.2. The van der Waals surface area contributed by atoms with E-state index in [0.29, 0.717) is 23.4 Å². The first-order valence-electron chi connectivity index (χ1n) is 8.57. The Bertz CT molecular complexity index is 997. The van der Waals surface area contributed by atoms with E-state index in [2.05, 4.69) is 5.32 Å². The number of rotatable bonds is 4. The molecular weight excluding hydrogens is 328 g/mol. The molecule has 0 aliphatic carbocycles. The van der Waals surface area contributed by atoms with Gasteiger partial charge in [0.15, 0.2) is 0 Å². The highest BCUT2D eigenvalue weighted by Crippen LogP contribution is 2.26. The molecule has 0 radical (unpaired) electrons. The summed E-state index contributed by atoms with van der Waals surface area (Å²) in [6.45, 7) is 5.65. The molecule has 0 saturated heterocycles. The van der Waals surface area contributed by atoms with Crippen LogP contribution in [0.3, 0.4) is 0 Å².